The first-order chi connectivity index (χ1) is 13.0. The quantitative estimate of drug-likeness (QED) is 0.680. The molecule has 0 saturated heterocycles. The van der Waals surface area contributed by atoms with Crippen LogP contribution in [0.1, 0.15) is 5.56 Å². The molecule has 0 fully saturated rings. The summed E-state index contributed by atoms with van der Waals surface area (Å²) in [6, 6.07) is 6.54. The second-order valence-electron chi connectivity index (χ2n) is 5.92. The molecule has 0 spiro atoms. The highest BCUT2D eigenvalue weighted by molar-refractivity contribution is 6.30. The van der Waals surface area contributed by atoms with Crippen molar-refractivity contribution in [3.8, 4) is 17.1 Å². The van der Waals surface area contributed by atoms with Gasteiger partial charge in [-0.25, -0.2) is 18.1 Å². The van der Waals surface area contributed by atoms with Crippen LogP contribution >= 0.6 is 11.6 Å². The third kappa shape index (κ3) is 2.96. The lowest BCUT2D eigenvalue weighted by Crippen LogP contribution is -2.14. The average molecular weight is 392 g/mol. The molecule has 0 radical (unpaired) electrons. The molecule has 1 aliphatic heterocycles. The van der Waals surface area contributed by atoms with Gasteiger partial charge >= 0.3 is 5.76 Å². The molecule has 27 heavy (non-hydrogen) atoms. The first-order valence-electron chi connectivity index (χ1n) is 7.91. The third-order valence-corrected chi connectivity index (χ3v) is 4.49. The molecule has 0 atom stereocenters. The molecule has 1 aliphatic rings. The molecule has 138 valence electrons. The van der Waals surface area contributed by atoms with Gasteiger partial charge < -0.3 is 4.74 Å². The molecular weight excluding hydrogens is 380 g/mol. The number of ether oxygens (including phenoxy) is 1. The maximum atomic E-state index is 14.2. The standard InChI is InChI=1S/C18H12ClF2N3O3/c1-26-8-9-6-12-11(3-5-15(21)16(12)22-9)17-23-27-18(25)24(17)10-2-4-14(20)13(19)7-10/h2-5,7H,6,8H2,1H3. The first-order valence-corrected chi connectivity index (χ1v) is 8.28. The lowest BCUT2D eigenvalue weighted by atomic mass is 10.0. The Morgan fingerprint density at radius 3 is 2.78 bits per heavy atom. The molecule has 0 N–H and O–H groups in total. The summed E-state index contributed by atoms with van der Waals surface area (Å²) in [5, 5.41) is 3.68. The molecule has 3 aromatic rings. The second-order valence-corrected chi connectivity index (χ2v) is 6.32. The minimum absolute atomic E-state index is 0.146. The van der Waals surface area contributed by atoms with Crippen LogP contribution in [0.25, 0.3) is 17.1 Å². The molecule has 0 amide bonds. The maximum absolute atomic E-state index is 14.2. The highest BCUT2D eigenvalue weighted by Gasteiger charge is 2.26. The van der Waals surface area contributed by atoms with Crippen LogP contribution < -0.4 is 5.76 Å². The lowest BCUT2D eigenvalue weighted by molar-refractivity contribution is 0.244. The van der Waals surface area contributed by atoms with Gasteiger partial charge in [0.15, 0.2) is 5.82 Å². The number of aromatic nitrogens is 2. The Kier molecular flexibility index (Phi) is 4.37. The van der Waals surface area contributed by atoms with Crippen LogP contribution in [-0.2, 0) is 11.2 Å². The second kappa shape index (κ2) is 6.71. The fraction of sp³-hybridized carbons (Fsp3) is 0.167. The highest BCUT2D eigenvalue weighted by Crippen LogP contribution is 2.37. The minimum atomic E-state index is -0.776. The predicted molar refractivity (Wildman–Crippen MR) is 95.1 cm³/mol. The summed E-state index contributed by atoms with van der Waals surface area (Å²) in [5.74, 6) is -1.73. The van der Waals surface area contributed by atoms with Gasteiger partial charge in [-0.05, 0) is 35.9 Å². The van der Waals surface area contributed by atoms with E-state index in [1.807, 2.05) is 0 Å². The van der Waals surface area contributed by atoms with Gasteiger partial charge in [0.2, 0.25) is 0 Å². The first kappa shape index (κ1) is 17.6. The molecule has 2 heterocycles. The van der Waals surface area contributed by atoms with Crippen LogP contribution in [-0.4, -0.2) is 29.2 Å². The van der Waals surface area contributed by atoms with E-state index in [9.17, 15) is 13.6 Å². The van der Waals surface area contributed by atoms with Crippen molar-refractivity contribution < 1.29 is 18.0 Å². The number of rotatable bonds is 4. The number of halogens is 3. The average Bonchev–Trinajstić information content (AvgIpc) is 3.23. The molecular formula is C18H12ClF2N3O3. The van der Waals surface area contributed by atoms with Crippen LogP contribution in [0.3, 0.4) is 0 Å². The SMILES string of the molecule is COCC1=Nc2c(F)ccc(-c3noc(=O)n3-c3ccc(F)c(Cl)c3)c2C1. The summed E-state index contributed by atoms with van der Waals surface area (Å²) in [4.78, 5) is 16.5. The number of fused-ring (bicyclic) bond motifs is 1. The number of benzene rings is 2. The Bertz CT molecular complexity index is 1140. The van der Waals surface area contributed by atoms with E-state index in [0.29, 0.717) is 23.3 Å². The number of nitrogens with zero attached hydrogens (tertiary/aromatic N) is 3. The monoisotopic (exact) mass is 391 g/mol. The number of aliphatic imine (C=N–C) groups is 1. The van der Waals surface area contributed by atoms with E-state index >= 15 is 0 Å². The van der Waals surface area contributed by atoms with Crippen LogP contribution in [0.4, 0.5) is 14.5 Å². The van der Waals surface area contributed by atoms with Crippen molar-refractivity contribution in [1.29, 1.82) is 0 Å². The number of methoxy groups -OCH3 is 1. The summed E-state index contributed by atoms with van der Waals surface area (Å²) in [6.07, 6.45) is 0.349. The molecule has 9 heteroatoms. The van der Waals surface area contributed by atoms with Crippen LogP contribution in [0, 0.1) is 11.6 Å². The molecule has 4 rings (SSSR count). The smallest absolute Gasteiger partial charge is 0.379 e. The Labute approximate surface area is 156 Å². The topological polar surface area (TPSA) is 69.6 Å². The largest absolute Gasteiger partial charge is 0.446 e. The van der Waals surface area contributed by atoms with Crippen molar-refractivity contribution in [3.05, 3.63) is 63.1 Å². The number of hydrogen-bond acceptors (Lipinski definition) is 5. The van der Waals surface area contributed by atoms with E-state index < -0.39 is 17.4 Å². The van der Waals surface area contributed by atoms with E-state index in [1.54, 1.807) is 0 Å². The van der Waals surface area contributed by atoms with Crippen molar-refractivity contribution in [1.82, 2.24) is 9.72 Å². The van der Waals surface area contributed by atoms with Crippen molar-refractivity contribution in [3.63, 3.8) is 0 Å². The molecule has 0 bridgehead atoms. The fourth-order valence-electron chi connectivity index (χ4n) is 3.04. The molecule has 0 saturated carbocycles. The summed E-state index contributed by atoms with van der Waals surface area (Å²) < 4.78 is 38.7. The summed E-state index contributed by atoms with van der Waals surface area (Å²) in [5.41, 5.74) is 2.15. The van der Waals surface area contributed by atoms with Crippen LogP contribution in [0.2, 0.25) is 5.02 Å². The van der Waals surface area contributed by atoms with Crippen molar-refractivity contribution >= 4 is 23.0 Å². The highest BCUT2D eigenvalue weighted by atomic mass is 35.5. The maximum Gasteiger partial charge on any atom is 0.446 e. The Morgan fingerprint density at radius 2 is 2.04 bits per heavy atom. The van der Waals surface area contributed by atoms with Crippen molar-refractivity contribution in [2.75, 3.05) is 13.7 Å². The summed E-state index contributed by atoms with van der Waals surface area (Å²) in [6.45, 7) is 0.257. The molecule has 6 nitrogen and oxygen atoms in total. The summed E-state index contributed by atoms with van der Waals surface area (Å²) in [7, 11) is 1.52. The lowest BCUT2D eigenvalue weighted by Gasteiger charge is -2.09. The van der Waals surface area contributed by atoms with Gasteiger partial charge in [0, 0.05) is 24.8 Å². The molecule has 2 aromatic carbocycles. The summed E-state index contributed by atoms with van der Waals surface area (Å²) >= 11 is 5.83. The van der Waals surface area contributed by atoms with Crippen molar-refractivity contribution in [2.45, 2.75) is 6.42 Å². The van der Waals surface area contributed by atoms with E-state index in [1.165, 1.54) is 31.4 Å². The van der Waals surface area contributed by atoms with Gasteiger partial charge in [-0.1, -0.05) is 16.8 Å². The Hall–Kier alpha value is -2.84. The van der Waals surface area contributed by atoms with Gasteiger partial charge in [0.1, 0.15) is 17.3 Å². The molecule has 0 unspecified atom stereocenters. The van der Waals surface area contributed by atoms with Gasteiger partial charge in [-0.2, -0.15) is 0 Å². The molecule has 1 aromatic heterocycles. The van der Waals surface area contributed by atoms with Crippen LogP contribution in [0.5, 0.6) is 0 Å². The van der Waals surface area contributed by atoms with E-state index in [2.05, 4.69) is 10.1 Å². The normalized spacial score (nSPS) is 13.0. The van der Waals surface area contributed by atoms with Gasteiger partial charge in [0.25, 0.3) is 0 Å². The predicted octanol–water partition coefficient (Wildman–Crippen LogP) is 3.70. The molecule has 0 aliphatic carbocycles. The zero-order chi connectivity index (χ0) is 19.1. The van der Waals surface area contributed by atoms with E-state index in [4.69, 9.17) is 20.9 Å². The fourth-order valence-corrected chi connectivity index (χ4v) is 3.22. The van der Waals surface area contributed by atoms with Gasteiger partial charge in [-0.15, -0.1) is 0 Å². The van der Waals surface area contributed by atoms with E-state index in [0.717, 1.165) is 10.6 Å². The van der Waals surface area contributed by atoms with E-state index in [-0.39, 0.29) is 28.8 Å². The number of hydrogen-bond donors (Lipinski definition) is 0. The van der Waals surface area contributed by atoms with Crippen molar-refractivity contribution in [2.24, 2.45) is 4.99 Å². The van der Waals surface area contributed by atoms with Gasteiger partial charge in [0.05, 0.1) is 17.3 Å². The van der Waals surface area contributed by atoms with Gasteiger partial charge in [-0.3, -0.25) is 9.52 Å². The zero-order valence-corrected chi connectivity index (χ0v) is 14.8. The van der Waals surface area contributed by atoms with Crippen LogP contribution in [0.15, 0.2) is 44.6 Å². The Balaban J connectivity index is 1.88. The third-order valence-electron chi connectivity index (χ3n) is 4.20. The zero-order valence-electron chi connectivity index (χ0n) is 14.0. The minimum Gasteiger partial charge on any atom is -0.379 e. The Morgan fingerprint density at radius 1 is 1.26 bits per heavy atom.